The van der Waals surface area contributed by atoms with Gasteiger partial charge in [-0.1, -0.05) is 20.8 Å². The van der Waals surface area contributed by atoms with Crippen molar-refractivity contribution in [3.05, 3.63) is 17.5 Å². The first-order chi connectivity index (χ1) is 9.10. The summed E-state index contributed by atoms with van der Waals surface area (Å²) in [6.45, 7) is 9.85. The number of hydrogen-bond acceptors (Lipinski definition) is 3. The summed E-state index contributed by atoms with van der Waals surface area (Å²) in [5.74, 6) is 3.19. The topological polar surface area (TPSA) is 29.9 Å². The van der Waals surface area contributed by atoms with Crippen LogP contribution in [0.4, 0.5) is 0 Å². The van der Waals surface area contributed by atoms with Crippen LogP contribution in [0, 0.1) is 5.92 Å². The van der Waals surface area contributed by atoms with Crippen LogP contribution in [0.3, 0.4) is 0 Å². The minimum absolute atomic E-state index is 0.537. The Hall–Kier alpha value is -0.480. The summed E-state index contributed by atoms with van der Waals surface area (Å²) in [7, 11) is 2.06. The van der Waals surface area contributed by atoms with Gasteiger partial charge in [0.25, 0.3) is 0 Å². The van der Waals surface area contributed by atoms with E-state index in [1.165, 1.54) is 22.9 Å². The molecule has 0 aromatic carbocycles. The lowest BCUT2D eigenvalue weighted by Gasteiger charge is -2.17. The van der Waals surface area contributed by atoms with E-state index >= 15 is 0 Å². The van der Waals surface area contributed by atoms with E-state index < -0.39 is 0 Å². The lowest BCUT2D eigenvalue weighted by molar-refractivity contribution is 0.555. The molecule has 0 saturated heterocycles. The fourth-order valence-electron chi connectivity index (χ4n) is 2.07. The first-order valence-electron chi connectivity index (χ1n) is 7.41. The van der Waals surface area contributed by atoms with Gasteiger partial charge in [-0.15, -0.1) is 0 Å². The third-order valence-electron chi connectivity index (χ3n) is 3.21. The highest BCUT2D eigenvalue weighted by Gasteiger charge is 2.12. The van der Waals surface area contributed by atoms with Crippen molar-refractivity contribution in [3.8, 4) is 0 Å². The minimum atomic E-state index is 0.537. The van der Waals surface area contributed by atoms with Gasteiger partial charge in [-0.25, -0.2) is 0 Å². The molecular weight excluding hydrogens is 254 g/mol. The molecule has 110 valence electrons. The maximum atomic E-state index is 4.63. The van der Waals surface area contributed by atoms with Gasteiger partial charge in [0.1, 0.15) is 0 Å². The van der Waals surface area contributed by atoms with Crippen LogP contribution in [0.2, 0.25) is 0 Å². The highest BCUT2D eigenvalue weighted by atomic mass is 32.2. The van der Waals surface area contributed by atoms with Crippen molar-refractivity contribution in [3.63, 3.8) is 0 Å². The summed E-state index contributed by atoms with van der Waals surface area (Å²) >= 11 is 2.05. The molecule has 0 spiro atoms. The van der Waals surface area contributed by atoms with E-state index in [1.807, 2.05) is 11.8 Å². The summed E-state index contributed by atoms with van der Waals surface area (Å²) in [5.41, 5.74) is 2.57. The van der Waals surface area contributed by atoms with Crippen LogP contribution in [0.15, 0.2) is 6.07 Å². The van der Waals surface area contributed by atoms with Crippen LogP contribution < -0.4 is 5.32 Å². The molecule has 19 heavy (non-hydrogen) atoms. The van der Waals surface area contributed by atoms with Gasteiger partial charge in [0, 0.05) is 30.5 Å². The summed E-state index contributed by atoms with van der Waals surface area (Å²) in [4.78, 5) is 0. The van der Waals surface area contributed by atoms with Crippen molar-refractivity contribution in [2.45, 2.75) is 53.1 Å². The van der Waals surface area contributed by atoms with Crippen molar-refractivity contribution >= 4 is 11.8 Å². The molecule has 1 aromatic rings. The second-order valence-electron chi connectivity index (χ2n) is 5.42. The number of aryl methyl sites for hydroxylation is 2. The molecule has 0 radical (unpaired) electrons. The van der Waals surface area contributed by atoms with Crippen molar-refractivity contribution in [1.29, 1.82) is 0 Å². The van der Waals surface area contributed by atoms with Gasteiger partial charge in [0.05, 0.1) is 5.69 Å². The predicted molar refractivity (Wildman–Crippen MR) is 86.0 cm³/mol. The van der Waals surface area contributed by atoms with Crippen LogP contribution in [0.5, 0.6) is 0 Å². The van der Waals surface area contributed by atoms with Crippen LogP contribution in [-0.2, 0) is 19.4 Å². The zero-order valence-electron chi connectivity index (χ0n) is 13.1. The normalized spacial score (nSPS) is 13.2. The summed E-state index contributed by atoms with van der Waals surface area (Å²) < 4.78 is 2.15. The van der Waals surface area contributed by atoms with E-state index in [-0.39, 0.29) is 0 Å². The van der Waals surface area contributed by atoms with Gasteiger partial charge < -0.3 is 5.32 Å². The number of hydrogen-bond donors (Lipinski definition) is 1. The molecular formula is C15H29N3S. The molecule has 1 aromatic heterocycles. The third kappa shape index (κ3) is 5.57. The third-order valence-corrected chi connectivity index (χ3v) is 4.75. The zero-order chi connectivity index (χ0) is 14.3. The van der Waals surface area contributed by atoms with E-state index in [1.54, 1.807) is 0 Å². The summed E-state index contributed by atoms with van der Waals surface area (Å²) in [5, 5.41) is 8.07. The Bertz CT molecular complexity index is 360. The predicted octanol–water partition coefficient (Wildman–Crippen LogP) is 2.99. The molecule has 0 saturated carbocycles. The second-order valence-corrected chi connectivity index (χ2v) is 6.49. The number of likely N-dealkylation sites (N-methyl/N-ethyl adjacent to an activating group) is 1. The van der Waals surface area contributed by atoms with Crippen LogP contribution >= 0.6 is 11.8 Å². The summed E-state index contributed by atoms with van der Waals surface area (Å²) in [6, 6.07) is 2.80. The largest absolute Gasteiger partial charge is 0.316 e. The Morgan fingerprint density at radius 1 is 1.32 bits per heavy atom. The van der Waals surface area contributed by atoms with Crippen molar-refractivity contribution in [2.75, 3.05) is 18.6 Å². The second kappa shape index (κ2) is 8.64. The zero-order valence-corrected chi connectivity index (χ0v) is 13.9. The van der Waals surface area contributed by atoms with Crippen molar-refractivity contribution in [1.82, 2.24) is 15.1 Å². The van der Waals surface area contributed by atoms with E-state index in [4.69, 9.17) is 0 Å². The molecule has 3 nitrogen and oxygen atoms in total. The molecule has 1 rings (SSSR count). The fourth-order valence-corrected chi connectivity index (χ4v) is 3.25. The maximum Gasteiger partial charge on any atom is 0.0624 e. The van der Waals surface area contributed by atoms with Crippen LogP contribution in [0.1, 0.15) is 39.1 Å². The Kier molecular flexibility index (Phi) is 7.54. The molecule has 0 amide bonds. The standard InChI is InChI=1S/C15H29N3S/c1-6-13-8-15(18(7-2)17-13)9-14(16-5)11-19-10-12(3)4/h8,12,14,16H,6-7,9-11H2,1-5H3. The van der Waals surface area contributed by atoms with Gasteiger partial charge in [-0.05, 0) is 38.1 Å². The van der Waals surface area contributed by atoms with Gasteiger partial charge in [-0.2, -0.15) is 16.9 Å². The minimum Gasteiger partial charge on any atom is -0.316 e. The van der Waals surface area contributed by atoms with Gasteiger partial charge >= 0.3 is 0 Å². The monoisotopic (exact) mass is 283 g/mol. The molecule has 0 aliphatic rings. The Morgan fingerprint density at radius 2 is 2.05 bits per heavy atom. The quantitative estimate of drug-likeness (QED) is 0.755. The molecule has 1 atom stereocenters. The maximum absolute atomic E-state index is 4.63. The molecule has 0 aliphatic heterocycles. The molecule has 4 heteroatoms. The Morgan fingerprint density at radius 3 is 2.58 bits per heavy atom. The summed E-state index contributed by atoms with van der Waals surface area (Å²) in [6.07, 6.45) is 2.09. The van der Waals surface area contributed by atoms with E-state index in [2.05, 4.69) is 55.9 Å². The lowest BCUT2D eigenvalue weighted by Crippen LogP contribution is -2.31. The van der Waals surface area contributed by atoms with Gasteiger partial charge in [0.2, 0.25) is 0 Å². The molecule has 1 unspecified atom stereocenters. The highest BCUT2D eigenvalue weighted by Crippen LogP contribution is 2.13. The van der Waals surface area contributed by atoms with E-state index in [0.717, 1.165) is 25.3 Å². The Balaban J connectivity index is 2.56. The van der Waals surface area contributed by atoms with Crippen LogP contribution in [0.25, 0.3) is 0 Å². The van der Waals surface area contributed by atoms with Crippen LogP contribution in [-0.4, -0.2) is 34.4 Å². The van der Waals surface area contributed by atoms with Gasteiger partial charge in [0.15, 0.2) is 0 Å². The average Bonchev–Trinajstić information content (AvgIpc) is 2.79. The number of nitrogens with zero attached hydrogens (tertiary/aromatic N) is 2. The molecule has 0 bridgehead atoms. The van der Waals surface area contributed by atoms with E-state index in [9.17, 15) is 0 Å². The van der Waals surface area contributed by atoms with Crippen molar-refractivity contribution < 1.29 is 0 Å². The smallest absolute Gasteiger partial charge is 0.0624 e. The first kappa shape index (κ1) is 16.6. The van der Waals surface area contributed by atoms with Crippen molar-refractivity contribution in [2.24, 2.45) is 5.92 Å². The van der Waals surface area contributed by atoms with Gasteiger partial charge in [-0.3, -0.25) is 4.68 Å². The van der Waals surface area contributed by atoms with E-state index in [0.29, 0.717) is 6.04 Å². The lowest BCUT2D eigenvalue weighted by atomic mass is 10.1. The first-order valence-corrected chi connectivity index (χ1v) is 8.56. The number of rotatable bonds is 9. The molecule has 0 aliphatic carbocycles. The fraction of sp³-hybridized carbons (Fsp3) is 0.800. The Labute approximate surface area is 122 Å². The molecule has 1 heterocycles. The number of aromatic nitrogens is 2. The SMILES string of the molecule is CCc1cc(CC(CSCC(C)C)NC)n(CC)n1. The molecule has 1 N–H and O–H groups in total. The molecule has 0 fully saturated rings. The number of nitrogens with one attached hydrogen (secondary N) is 1. The average molecular weight is 283 g/mol. The number of thioether (sulfide) groups is 1. The highest BCUT2D eigenvalue weighted by molar-refractivity contribution is 7.99.